The Kier molecular flexibility index (Phi) is 36.0. The molecule has 2 N–H and O–H groups in total. The molecule has 0 bridgehead atoms. The Morgan fingerprint density at radius 2 is 0.818 bits per heavy atom. The van der Waals surface area contributed by atoms with Crippen LogP contribution in [0.2, 0.25) is 0 Å². The molecule has 0 spiro atoms. The Balaban J connectivity index is -0.000000107. The molecule has 0 aromatic rings. The molecule has 0 radical (unpaired) electrons. The van der Waals surface area contributed by atoms with Crippen molar-refractivity contribution in [3.63, 3.8) is 0 Å². The van der Waals surface area contributed by atoms with E-state index in [0.717, 1.165) is 26.2 Å². The molecule has 3 heteroatoms. The molecule has 68 valence electrons. The molecule has 0 aliphatic carbocycles. The van der Waals surface area contributed by atoms with E-state index in [4.69, 9.17) is 0 Å². The van der Waals surface area contributed by atoms with Crippen molar-refractivity contribution >= 4 is 0 Å². The van der Waals surface area contributed by atoms with Crippen LogP contribution in [0.15, 0.2) is 0 Å². The van der Waals surface area contributed by atoms with Gasteiger partial charge in [0.05, 0.1) is 0 Å². The van der Waals surface area contributed by atoms with Crippen molar-refractivity contribution in [1.82, 2.24) is 10.6 Å². The van der Waals surface area contributed by atoms with Crippen molar-refractivity contribution in [2.45, 2.75) is 27.7 Å². The standard InChI is InChI=1S/2C4H11N.Ti/c2*1-3-5-4-2;/h2*5H,3-4H2,1-2H3;. The Hall–Kier alpha value is 0.634. The van der Waals surface area contributed by atoms with Gasteiger partial charge in [-0.1, -0.05) is 27.7 Å². The Bertz CT molecular complexity index is 33.1. The average molecular weight is 194 g/mol. The first-order valence-electron chi connectivity index (χ1n) is 4.24. The van der Waals surface area contributed by atoms with Gasteiger partial charge in [-0.25, -0.2) is 0 Å². The molecule has 0 aromatic carbocycles. The second-order valence-electron chi connectivity index (χ2n) is 1.91. The molecule has 0 saturated carbocycles. The number of rotatable bonds is 4. The fourth-order valence-electron chi connectivity index (χ4n) is 0.500. The summed E-state index contributed by atoms with van der Waals surface area (Å²) in [5, 5.41) is 6.22. The topological polar surface area (TPSA) is 24.1 Å². The minimum Gasteiger partial charge on any atom is -0.317 e. The smallest absolute Gasteiger partial charge is 0 e. The molecular weight excluding hydrogens is 172 g/mol. The van der Waals surface area contributed by atoms with Crippen molar-refractivity contribution in [2.24, 2.45) is 0 Å². The third kappa shape index (κ3) is 36.9. The molecule has 0 rings (SSSR count). The molecule has 0 fully saturated rings. The monoisotopic (exact) mass is 194 g/mol. The van der Waals surface area contributed by atoms with Crippen LogP contribution in [0, 0.1) is 0 Å². The second kappa shape index (κ2) is 22.4. The summed E-state index contributed by atoms with van der Waals surface area (Å²) in [6.07, 6.45) is 0. The fourth-order valence-corrected chi connectivity index (χ4v) is 0.500. The number of nitrogens with one attached hydrogen (secondary N) is 2. The molecule has 0 aromatic heterocycles. The molecule has 0 aliphatic rings. The Morgan fingerprint density at radius 3 is 0.818 bits per heavy atom. The van der Waals surface area contributed by atoms with E-state index in [2.05, 4.69) is 38.3 Å². The largest absolute Gasteiger partial charge is 0.317 e. The van der Waals surface area contributed by atoms with Gasteiger partial charge in [-0.3, -0.25) is 0 Å². The van der Waals surface area contributed by atoms with Crippen LogP contribution in [0.1, 0.15) is 27.7 Å². The molecule has 0 heterocycles. The Labute approximate surface area is 86.4 Å². The van der Waals surface area contributed by atoms with Crippen LogP contribution >= 0.6 is 0 Å². The average Bonchev–Trinajstić information content (AvgIpc) is 1.93. The second-order valence-corrected chi connectivity index (χ2v) is 1.91. The van der Waals surface area contributed by atoms with E-state index < -0.39 is 0 Å². The minimum absolute atomic E-state index is 0. The van der Waals surface area contributed by atoms with E-state index in [9.17, 15) is 0 Å². The minimum atomic E-state index is 0. The van der Waals surface area contributed by atoms with Gasteiger partial charge in [0.1, 0.15) is 0 Å². The van der Waals surface area contributed by atoms with Gasteiger partial charge in [0, 0.05) is 21.7 Å². The first-order chi connectivity index (χ1) is 4.83. The van der Waals surface area contributed by atoms with Crippen LogP contribution in [0.4, 0.5) is 0 Å². The molecule has 2 nitrogen and oxygen atoms in total. The molecule has 0 atom stereocenters. The maximum absolute atomic E-state index is 3.11. The fraction of sp³-hybridized carbons (Fsp3) is 1.00. The molecule has 11 heavy (non-hydrogen) atoms. The van der Waals surface area contributed by atoms with Crippen LogP contribution in [0.25, 0.3) is 0 Å². The van der Waals surface area contributed by atoms with E-state index >= 15 is 0 Å². The summed E-state index contributed by atoms with van der Waals surface area (Å²) >= 11 is 0. The number of hydrogen-bond acceptors (Lipinski definition) is 2. The van der Waals surface area contributed by atoms with Gasteiger partial charge in [-0.15, -0.1) is 0 Å². The number of hydrogen-bond donors (Lipinski definition) is 2. The Morgan fingerprint density at radius 1 is 0.636 bits per heavy atom. The van der Waals surface area contributed by atoms with E-state index in [-0.39, 0.29) is 21.7 Å². The SMILES string of the molecule is CCNCC.CCNCC.[Ti]. The molecule has 0 aliphatic heterocycles. The third-order valence-corrected chi connectivity index (χ3v) is 1.000. The van der Waals surface area contributed by atoms with E-state index in [0.29, 0.717) is 0 Å². The third-order valence-electron chi connectivity index (χ3n) is 1.000. The zero-order chi connectivity index (χ0) is 8.24. The first kappa shape index (κ1) is 17.6. The van der Waals surface area contributed by atoms with Gasteiger partial charge >= 0.3 is 0 Å². The molecule has 0 unspecified atom stereocenters. The van der Waals surface area contributed by atoms with Crippen molar-refractivity contribution in [1.29, 1.82) is 0 Å². The van der Waals surface area contributed by atoms with Crippen LogP contribution in [0.5, 0.6) is 0 Å². The maximum Gasteiger partial charge on any atom is 0 e. The summed E-state index contributed by atoms with van der Waals surface area (Å²) < 4.78 is 0. The van der Waals surface area contributed by atoms with Gasteiger partial charge < -0.3 is 10.6 Å². The van der Waals surface area contributed by atoms with Crippen LogP contribution in [-0.2, 0) is 21.7 Å². The van der Waals surface area contributed by atoms with Crippen LogP contribution in [-0.4, -0.2) is 26.2 Å². The summed E-state index contributed by atoms with van der Waals surface area (Å²) in [6, 6.07) is 0. The predicted molar refractivity (Wildman–Crippen MR) is 48.4 cm³/mol. The van der Waals surface area contributed by atoms with Gasteiger partial charge in [0.15, 0.2) is 0 Å². The van der Waals surface area contributed by atoms with Gasteiger partial charge in [-0.2, -0.15) is 0 Å². The van der Waals surface area contributed by atoms with Gasteiger partial charge in [0.25, 0.3) is 0 Å². The van der Waals surface area contributed by atoms with Crippen molar-refractivity contribution in [3.8, 4) is 0 Å². The van der Waals surface area contributed by atoms with Crippen LogP contribution < -0.4 is 10.6 Å². The van der Waals surface area contributed by atoms with E-state index in [1.54, 1.807) is 0 Å². The van der Waals surface area contributed by atoms with E-state index in [1.807, 2.05) is 0 Å². The van der Waals surface area contributed by atoms with Gasteiger partial charge in [0.2, 0.25) is 0 Å². The first-order valence-corrected chi connectivity index (χ1v) is 4.24. The summed E-state index contributed by atoms with van der Waals surface area (Å²) in [5.74, 6) is 0. The zero-order valence-electron chi connectivity index (χ0n) is 8.33. The zero-order valence-corrected chi connectivity index (χ0v) is 9.89. The summed E-state index contributed by atoms with van der Waals surface area (Å²) in [6.45, 7) is 12.8. The predicted octanol–water partition coefficient (Wildman–Crippen LogP) is 1.23. The normalized spacial score (nSPS) is 7.64. The molecule has 0 amide bonds. The molecular formula is C8H22N2Ti. The van der Waals surface area contributed by atoms with Crippen molar-refractivity contribution in [2.75, 3.05) is 26.2 Å². The quantitative estimate of drug-likeness (QED) is 0.658. The van der Waals surface area contributed by atoms with Crippen LogP contribution in [0.3, 0.4) is 0 Å². The van der Waals surface area contributed by atoms with E-state index in [1.165, 1.54) is 0 Å². The van der Waals surface area contributed by atoms with Crippen molar-refractivity contribution in [3.05, 3.63) is 0 Å². The summed E-state index contributed by atoms with van der Waals surface area (Å²) in [5.41, 5.74) is 0. The van der Waals surface area contributed by atoms with Gasteiger partial charge in [-0.05, 0) is 26.2 Å². The van der Waals surface area contributed by atoms with Crippen molar-refractivity contribution < 1.29 is 21.7 Å². The molecule has 0 saturated heterocycles. The summed E-state index contributed by atoms with van der Waals surface area (Å²) in [7, 11) is 0. The summed E-state index contributed by atoms with van der Waals surface area (Å²) in [4.78, 5) is 0. The maximum atomic E-state index is 3.11.